The minimum atomic E-state index is -0.0734. The third-order valence-electron chi connectivity index (χ3n) is 3.31. The Bertz CT molecular complexity index is 470. The molecule has 0 atom stereocenters. The van der Waals surface area contributed by atoms with E-state index in [1.165, 1.54) is 0 Å². The van der Waals surface area contributed by atoms with Crippen LogP contribution in [0.1, 0.15) is 23.8 Å². The van der Waals surface area contributed by atoms with Crippen molar-refractivity contribution in [2.45, 2.75) is 13.3 Å². The van der Waals surface area contributed by atoms with Gasteiger partial charge in [-0.3, -0.25) is 14.6 Å². The van der Waals surface area contributed by atoms with Crippen molar-refractivity contribution in [2.24, 2.45) is 0 Å². The van der Waals surface area contributed by atoms with Crippen molar-refractivity contribution in [1.82, 2.24) is 14.8 Å². The number of carbonyl (C=O) groups excluding carboxylic acids is 2. The zero-order valence-corrected chi connectivity index (χ0v) is 11.7. The lowest BCUT2D eigenvalue weighted by atomic mass is 10.2. The molecular weight excluding hydrogens is 256 g/mol. The van der Waals surface area contributed by atoms with Crippen molar-refractivity contribution in [1.29, 1.82) is 0 Å². The van der Waals surface area contributed by atoms with Gasteiger partial charge in [-0.15, -0.1) is 0 Å². The first-order chi connectivity index (χ1) is 9.74. The lowest BCUT2D eigenvalue weighted by Gasteiger charge is -2.32. The predicted molar refractivity (Wildman–Crippen MR) is 76.6 cm³/mol. The molecular formula is C14H20N4O2. The number of nitrogens with one attached hydrogen (secondary N) is 1. The van der Waals surface area contributed by atoms with Crippen molar-refractivity contribution in [2.75, 3.05) is 38.0 Å². The van der Waals surface area contributed by atoms with Gasteiger partial charge in [-0.25, -0.2) is 0 Å². The summed E-state index contributed by atoms with van der Waals surface area (Å²) in [6.45, 7) is 5.26. The number of rotatable bonds is 5. The molecule has 2 amide bonds. The average molecular weight is 276 g/mol. The van der Waals surface area contributed by atoms with Gasteiger partial charge < -0.3 is 15.1 Å². The number of aromatic nitrogens is 1. The SMILES string of the molecule is CCCNc1ccnc(C(=O)N2CCN(C=O)CC2)c1. The maximum absolute atomic E-state index is 12.3. The van der Waals surface area contributed by atoms with Gasteiger partial charge in [0.1, 0.15) is 5.69 Å². The Kier molecular flexibility index (Phi) is 4.92. The number of hydrogen-bond donors (Lipinski definition) is 1. The summed E-state index contributed by atoms with van der Waals surface area (Å²) in [7, 11) is 0. The number of pyridine rings is 1. The van der Waals surface area contributed by atoms with E-state index in [9.17, 15) is 9.59 Å². The van der Waals surface area contributed by atoms with Gasteiger partial charge in [-0.1, -0.05) is 6.92 Å². The molecule has 0 aliphatic carbocycles. The van der Waals surface area contributed by atoms with Gasteiger partial charge in [0.05, 0.1) is 0 Å². The minimum absolute atomic E-state index is 0.0734. The van der Waals surface area contributed by atoms with Gasteiger partial charge in [0.15, 0.2) is 0 Å². The standard InChI is InChI=1S/C14H20N4O2/c1-2-4-15-12-3-5-16-13(10-12)14(20)18-8-6-17(11-19)7-9-18/h3,5,10-11H,2,4,6-9H2,1H3,(H,15,16). The summed E-state index contributed by atoms with van der Waals surface area (Å²) in [5, 5.41) is 3.24. The van der Waals surface area contributed by atoms with Crippen LogP contribution in [0.15, 0.2) is 18.3 Å². The molecule has 6 nitrogen and oxygen atoms in total. The van der Waals surface area contributed by atoms with Crippen LogP contribution in [0.3, 0.4) is 0 Å². The molecule has 1 aromatic heterocycles. The Labute approximate surface area is 118 Å². The van der Waals surface area contributed by atoms with Crippen molar-refractivity contribution in [3.05, 3.63) is 24.0 Å². The van der Waals surface area contributed by atoms with E-state index >= 15 is 0 Å². The zero-order valence-electron chi connectivity index (χ0n) is 11.7. The van der Waals surface area contributed by atoms with E-state index in [1.54, 1.807) is 22.1 Å². The van der Waals surface area contributed by atoms with E-state index in [-0.39, 0.29) is 5.91 Å². The highest BCUT2D eigenvalue weighted by atomic mass is 16.2. The van der Waals surface area contributed by atoms with E-state index in [4.69, 9.17) is 0 Å². The largest absolute Gasteiger partial charge is 0.385 e. The van der Waals surface area contributed by atoms with Crippen LogP contribution >= 0.6 is 0 Å². The van der Waals surface area contributed by atoms with Crippen LogP contribution < -0.4 is 5.32 Å². The Morgan fingerprint density at radius 3 is 2.80 bits per heavy atom. The molecule has 2 rings (SSSR count). The first kappa shape index (κ1) is 14.3. The highest BCUT2D eigenvalue weighted by Gasteiger charge is 2.22. The number of amides is 2. The zero-order chi connectivity index (χ0) is 14.4. The molecule has 0 unspecified atom stereocenters. The van der Waals surface area contributed by atoms with Crippen LogP contribution in [0.25, 0.3) is 0 Å². The van der Waals surface area contributed by atoms with Crippen LogP contribution in [0, 0.1) is 0 Å². The quantitative estimate of drug-likeness (QED) is 0.809. The number of nitrogens with zero attached hydrogens (tertiary/aromatic N) is 3. The summed E-state index contributed by atoms with van der Waals surface area (Å²) in [4.78, 5) is 30.6. The third kappa shape index (κ3) is 3.46. The third-order valence-corrected chi connectivity index (χ3v) is 3.31. The second kappa shape index (κ2) is 6.88. The molecule has 108 valence electrons. The van der Waals surface area contributed by atoms with Crippen LogP contribution in [-0.4, -0.2) is 59.8 Å². The molecule has 1 N–H and O–H groups in total. The fourth-order valence-electron chi connectivity index (χ4n) is 2.12. The van der Waals surface area contributed by atoms with Gasteiger partial charge in [-0.05, 0) is 18.6 Å². The Morgan fingerprint density at radius 1 is 1.40 bits per heavy atom. The van der Waals surface area contributed by atoms with Gasteiger partial charge >= 0.3 is 0 Å². The van der Waals surface area contributed by atoms with E-state index < -0.39 is 0 Å². The molecule has 20 heavy (non-hydrogen) atoms. The van der Waals surface area contributed by atoms with Crippen LogP contribution in [0.2, 0.25) is 0 Å². The summed E-state index contributed by atoms with van der Waals surface area (Å²) < 4.78 is 0. The molecule has 1 saturated heterocycles. The van der Waals surface area contributed by atoms with Crippen molar-refractivity contribution in [3.8, 4) is 0 Å². The molecule has 2 heterocycles. The fraction of sp³-hybridized carbons (Fsp3) is 0.500. The second-order valence-corrected chi connectivity index (χ2v) is 4.79. The smallest absolute Gasteiger partial charge is 0.272 e. The van der Waals surface area contributed by atoms with Crippen molar-refractivity contribution < 1.29 is 9.59 Å². The second-order valence-electron chi connectivity index (χ2n) is 4.79. The summed E-state index contributed by atoms with van der Waals surface area (Å²) in [5.41, 5.74) is 1.36. The van der Waals surface area contributed by atoms with Crippen LogP contribution in [0.4, 0.5) is 5.69 Å². The highest BCUT2D eigenvalue weighted by Crippen LogP contribution is 2.11. The molecule has 1 aliphatic rings. The van der Waals surface area contributed by atoms with Gasteiger partial charge in [0.2, 0.25) is 6.41 Å². The molecule has 0 bridgehead atoms. The predicted octanol–water partition coefficient (Wildman–Crippen LogP) is 0.818. The number of anilines is 1. The molecule has 0 saturated carbocycles. The molecule has 0 spiro atoms. The highest BCUT2D eigenvalue weighted by molar-refractivity contribution is 5.93. The number of hydrogen-bond acceptors (Lipinski definition) is 4. The maximum atomic E-state index is 12.3. The van der Waals surface area contributed by atoms with E-state index in [0.717, 1.165) is 25.1 Å². The topological polar surface area (TPSA) is 65.5 Å². The molecule has 0 radical (unpaired) electrons. The first-order valence-electron chi connectivity index (χ1n) is 6.93. The number of piperazine rings is 1. The monoisotopic (exact) mass is 276 g/mol. The Balaban J connectivity index is 2.00. The summed E-state index contributed by atoms with van der Waals surface area (Å²) in [6.07, 6.45) is 3.50. The molecule has 1 aromatic rings. The van der Waals surface area contributed by atoms with Crippen LogP contribution in [-0.2, 0) is 4.79 Å². The fourth-order valence-corrected chi connectivity index (χ4v) is 2.12. The molecule has 6 heteroatoms. The van der Waals surface area contributed by atoms with Crippen molar-refractivity contribution >= 4 is 18.0 Å². The normalized spacial score (nSPS) is 15.1. The minimum Gasteiger partial charge on any atom is -0.385 e. The number of carbonyl (C=O) groups is 2. The van der Waals surface area contributed by atoms with Gasteiger partial charge in [-0.2, -0.15) is 0 Å². The lowest BCUT2D eigenvalue weighted by molar-refractivity contribution is -0.119. The Hall–Kier alpha value is -2.11. The summed E-state index contributed by atoms with van der Waals surface area (Å²) >= 11 is 0. The first-order valence-corrected chi connectivity index (χ1v) is 6.93. The van der Waals surface area contributed by atoms with Gasteiger partial charge in [0.25, 0.3) is 5.91 Å². The maximum Gasteiger partial charge on any atom is 0.272 e. The van der Waals surface area contributed by atoms with E-state index in [2.05, 4.69) is 17.2 Å². The van der Waals surface area contributed by atoms with Gasteiger partial charge in [0, 0.05) is 44.6 Å². The lowest BCUT2D eigenvalue weighted by Crippen LogP contribution is -2.48. The molecule has 1 aliphatic heterocycles. The van der Waals surface area contributed by atoms with E-state index in [1.807, 2.05) is 6.07 Å². The Morgan fingerprint density at radius 2 is 2.15 bits per heavy atom. The summed E-state index contributed by atoms with van der Waals surface area (Å²) in [5.74, 6) is -0.0734. The van der Waals surface area contributed by atoms with Crippen molar-refractivity contribution in [3.63, 3.8) is 0 Å². The average Bonchev–Trinajstić information content (AvgIpc) is 2.52. The van der Waals surface area contributed by atoms with E-state index in [0.29, 0.717) is 31.9 Å². The summed E-state index contributed by atoms with van der Waals surface area (Å²) in [6, 6.07) is 3.64. The molecule has 0 aromatic carbocycles. The van der Waals surface area contributed by atoms with Crippen LogP contribution in [0.5, 0.6) is 0 Å². The molecule has 1 fully saturated rings.